The van der Waals surface area contributed by atoms with Gasteiger partial charge in [-0.25, -0.2) is 4.79 Å². The summed E-state index contributed by atoms with van der Waals surface area (Å²) in [4.78, 5) is 11.2. The maximum absolute atomic E-state index is 11.2. The van der Waals surface area contributed by atoms with Crippen LogP contribution in [-0.2, 0) is 6.42 Å². The first-order valence-electron chi connectivity index (χ1n) is 9.70. The fourth-order valence-electron chi connectivity index (χ4n) is 3.90. The molecule has 4 atom stereocenters. The number of amides is 1. The molecule has 0 saturated carbocycles. The van der Waals surface area contributed by atoms with Gasteiger partial charge in [0.2, 0.25) is 0 Å². The third kappa shape index (κ3) is 6.36. The minimum absolute atomic E-state index is 0.0640. The quantitative estimate of drug-likeness (QED) is 0.557. The van der Waals surface area contributed by atoms with E-state index in [9.17, 15) is 15.0 Å². The fraction of sp³-hybridized carbons (Fsp3) is 0.435. The van der Waals surface area contributed by atoms with Gasteiger partial charge in [0.1, 0.15) is 0 Å². The molecule has 0 aliphatic heterocycles. The van der Waals surface area contributed by atoms with Gasteiger partial charge in [-0.2, -0.15) is 0 Å². The molecule has 0 fully saturated rings. The summed E-state index contributed by atoms with van der Waals surface area (Å²) >= 11 is 0. The highest BCUT2D eigenvalue weighted by atomic mass is 16.4. The predicted molar refractivity (Wildman–Crippen MR) is 112 cm³/mol. The molecular formula is C23H32N2O3. The number of carboxylic acid groups (broad SMARTS) is 1. The van der Waals surface area contributed by atoms with Crippen LogP contribution in [0.1, 0.15) is 44.2 Å². The normalized spacial score (nSPS) is 16.0. The fourth-order valence-corrected chi connectivity index (χ4v) is 3.90. The summed E-state index contributed by atoms with van der Waals surface area (Å²) in [5.41, 5.74) is 8.46. The van der Waals surface area contributed by atoms with Gasteiger partial charge in [-0.1, -0.05) is 81.4 Å². The standard InChI is InChI=1S/C23H32N2O3/c1-23(2,3)20(17-12-8-5-9-13-17)21(24)19(26)15-18(25-22(27)28)14-16-10-6-4-7-11-16/h4-13,18-21,25-26H,14-15,24H2,1-3H3,(H,27,28)/t18-,19-,20?,21+/m0/s1. The second kappa shape index (κ2) is 9.71. The van der Waals surface area contributed by atoms with Gasteiger partial charge in [-0.05, 0) is 29.4 Å². The Labute approximate surface area is 167 Å². The number of aliphatic hydroxyl groups excluding tert-OH is 1. The van der Waals surface area contributed by atoms with Crippen LogP contribution in [0.4, 0.5) is 4.79 Å². The van der Waals surface area contributed by atoms with Crippen molar-refractivity contribution in [2.75, 3.05) is 0 Å². The Morgan fingerprint density at radius 2 is 1.57 bits per heavy atom. The number of hydrogen-bond donors (Lipinski definition) is 4. The van der Waals surface area contributed by atoms with Crippen LogP contribution in [0.25, 0.3) is 0 Å². The van der Waals surface area contributed by atoms with Crippen LogP contribution in [0.2, 0.25) is 0 Å². The van der Waals surface area contributed by atoms with E-state index in [-0.39, 0.29) is 17.8 Å². The second-order valence-electron chi connectivity index (χ2n) is 8.47. The van der Waals surface area contributed by atoms with Gasteiger partial charge >= 0.3 is 6.09 Å². The number of aliphatic hydroxyl groups is 1. The average molecular weight is 385 g/mol. The minimum atomic E-state index is -1.10. The molecule has 28 heavy (non-hydrogen) atoms. The lowest BCUT2D eigenvalue weighted by Crippen LogP contribution is -2.48. The highest BCUT2D eigenvalue weighted by Gasteiger charge is 2.36. The molecule has 152 valence electrons. The molecule has 0 bridgehead atoms. The lowest BCUT2D eigenvalue weighted by Gasteiger charge is -2.38. The van der Waals surface area contributed by atoms with Crippen LogP contribution < -0.4 is 11.1 Å². The number of rotatable bonds is 8. The van der Waals surface area contributed by atoms with E-state index in [1.807, 2.05) is 60.7 Å². The van der Waals surface area contributed by atoms with Gasteiger partial charge in [-0.15, -0.1) is 0 Å². The topological polar surface area (TPSA) is 95.6 Å². The van der Waals surface area contributed by atoms with Crippen molar-refractivity contribution < 1.29 is 15.0 Å². The van der Waals surface area contributed by atoms with Gasteiger partial charge in [-0.3, -0.25) is 0 Å². The summed E-state index contributed by atoms with van der Waals surface area (Å²) < 4.78 is 0. The van der Waals surface area contributed by atoms with E-state index >= 15 is 0 Å². The first kappa shape index (κ1) is 21.9. The van der Waals surface area contributed by atoms with Crippen molar-refractivity contribution >= 4 is 6.09 Å². The van der Waals surface area contributed by atoms with E-state index in [0.29, 0.717) is 6.42 Å². The van der Waals surface area contributed by atoms with Crippen molar-refractivity contribution in [3.05, 3.63) is 71.8 Å². The first-order valence-corrected chi connectivity index (χ1v) is 9.70. The van der Waals surface area contributed by atoms with E-state index in [1.54, 1.807) is 0 Å². The van der Waals surface area contributed by atoms with Gasteiger partial charge in [0.05, 0.1) is 6.10 Å². The summed E-state index contributed by atoms with van der Waals surface area (Å²) in [5, 5.41) is 22.7. The van der Waals surface area contributed by atoms with Crippen molar-refractivity contribution in [3.8, 4) is 0 Å². The summed E-state index contributed by atoms with van der Waals surface area (Å²) in [7, 11) is 0. The highest BCUT2D eigenvalue weighted by molar-refractivity contribution is 5.64. The largest absolute Gasteiger partial charge is 0.465 e. The zero-order valence-corrected chi connectivity index (χ0v) is 16.9. The van der Waals surface area contributed by atoms with Gasteiger partial charge in [0, 0.05) is 18.0 Å². The van der Waals surface area contributed by atoms with E-state index in [2.05, 4.69) is 26.1 Å². The smallest absolute Gasteiger partial charge is 0.404 e. The van der Waals surface area contributed by atoms with Crippen LogP contribution in [0.3, 0.4) is 0 Å². The number of benzene rings is 2. The Morgan fingerprint density at radius 1 is 1.04 bits per heavy atom. The minimum Gasteiger partial charge on any atom is -0.465 e. The Balaban J connectivity index is 2.17. The number of carbonyl (C=O) groups is 1. The Kier molecular flexibility index (Phi) is 7.61. The molecule has 0 heterocycles. The van der Waals surface area contributed by atoms with Crippen molar-refractivity contribution in [2.24, 2.45) is 11.1 Å². The molecule has 0 aliphatic carbocycles. The van der Waals surface area contributed by atoms with E-state index in [0.717, 1.165) is 11.1 Å². The Morgan fingerprint density at radius 3 is 2.07 bits per heavy atom. The highest BCUT2D eigenvalue weighted by Crippen LogP contribution is 2.38. The van der Waals surface area contributed by atoms with Crippen LogP contribution in [0.5, 0.6) is 0 Å². The molecule has 0 radical (unpaired) electrons. The summed E-state index contributed by atoms with van der Waals surface area (Å²) in [6, 6.07) is 18.7. The van der Waals surface area contributed by atoms with Gasteiger partial charge in [0.25, 0.3) is 0 Å². The monoisotopic (exact) mass is 384 g/mol. The molecule has 0 spiro atoms. The Hall–Kier alpha value is -2.37. The lowest BCUT2D eigenvalue weighted by atomic mass is 9.70. The molecule has 5 heteroatoms. The third-order valence-corrected chi connectivity index (χ3v) is 5.10. The van der Waals surface area contributed by atoms with E-state index in [1.165, 1.54) is 0 Å². The average Bonchev–Trinajstić information content (AvgIpc) is 2.61. The molecule has 2 aromatic carbocycles. The van der Waals surface area contributed by atoms with Crippen molar-refractivity contribution in [3.63, 3.8) is 0 Å². The molecule has 5 N–H and O–H groups in total. The van der Waals surface area contributed by atoms with E-state index in [4.69, 9.17) is 5.73 Å². The molecule has 2 rings (SSSR count). The van der Waals surface area contributed by atoms with Gasteiger partial charge in [0.15, 0.2) is 0 Å². The third-order valence-electron chi connectivity index (χ3n) is 5.10. The Bertz CT molecular complexity index is 729. The summed E-state index contributed by atoms with van der Waals surface area (Å²) in [5.74, 6) is -0.0640. The molecule has 5 nitrogen and oxygen atoms in total. The van der Waals surface area contributed by atoms with Crippen molar-refractivity contribution in [1.82, 2.24) is 5.32 Å². The first-order chi connectivity index (χ1) is 13.2. The van der Waals surface area contributed by atoms with Crippen LogP contribution in [0.15, 0.2) is 60.7 Å². The molecular weight excluding hydrogens is 352 g/mol. The SMILES string of the molecule is CC(C)(C)C(c1ccccc1)[C@H](N)[C@@H](O)C[C@H](Cc1ccccc1)NC(=O)O. The zero-order valence-electron chi connectivity index (χ0n) is 16.9. The molecule has 0 aromatic heterocycles. The summed E-state index contributed by atoms with van der Waals surface area (Å²) in [6.07, 6.45) is -1.19. The van der Waals surface area contributed by atoms with E-state index < -0.39 is 24.3 Å². The summed E-state index contributed by atoms with van der Waals surface area (Å²) in [6.45, 7) is 6.32. The maximum Gasteiger partial charge on any atom is 0.404 e. The molecule has 1 unspecified atom stereocenters. The lowest BCUT2D eigenvalue weighted by molar-refractivity contribution is 0.0874. The molecule has 0 saturated heterocycles. The predicted octanol–water partition coefficient (Wildman–Crippen LogP) is 3.77. The maximum atomic E-state index is 11.2. The van der Waals surface area contributed by atoms with Crippen molar-refractivity contribution in [2.45, 2.75) is 57.7 Å². The number of nitrogens with one attached hydrogen (secondary N) is 1. The molecule has 2 aromatic rings. The second-order valence-corrected chi connectivity index (χ2v) is 8.47. The van der Waals surface area contributed by atoms with Crippen LogP contribution in [-0.4, -0.2) is 34.5 Å². The molecule has 0 aliphatic rings. The number of nitrogens with two attached hydrogens (primary N) is 1. The van der Waals surface area contributed by atoms with Gasteiger partial charge < -0.3 is 21.3 Å². The zero-order chi connectivity index (χ0) is 20.7. The number of hydrogen-bond acceptors (Lipinski definition) is 3. The van der Waals surface area contributed by atoms with Crippen LogP contribution >= 0.6 is 0 Å². The van der Waals surface area contributed by atoms with Crippen LogP contribution in [0, 0.1) is 5.41 Å². The molecule has 1 amide bonds. The van der Waals surface area contributed by atoms with Crippen molar-refractivity contribution in [1.29, 1.82) is 0 Å².